The highest BCUT2D eigenvalue weighted by Crippen LogP contribution is 2.18. The van der Waals surface area contributed by atoms with Crippen molar-refractivity contribution in [1.82, 2.24) is 10.6 Å². The Labute approximate surface area is 67.5 Å². The van der Waals surface area contributed by atoms with Crippen molar-refractivity contribution in [2.45, 2.75) is 38.8 Å². The average Bonchev–Trinajstić information content (AvgIpc) is 2.67. The molecule has 1 fully saturated rings. The van der Waals surface area contributed by atoms with Gasteiger partial charge in [-0.3, -0.25) is 4.79 Å². The van der Waals surface area contributed by atoms with Crippen LogP contribution < -0.4 is 10.6 Å². The van der Waals surface area contributed by atoms with Crippen LogP contribution in [-0.4, -0.2) is 24.5 Å². The second-order valence-electron chi connectivity index (χ2n) is 3.38. The molecule has 0 aliphatic heterocycles. The second kappa shape index (κ2) is 3.72. The van der Waals surface area contributed by atoms with Crippen molar-refractivity contribution in [3.8, 4) is 0 Å². The zero-order valence-corrected chi connectivity index (χ0v) is 7.18. The Hall–Kier alpha value is -0.570. The van der Waals surface area contributed by atoms with Gasteiger partial charge in [0.25, 0.3) is 0 Å². The second-order valence-corrected chi connectivity index (χ2v) is 3.38. The number of hydrogen-bond donors (Lipinski definition) is 2. The van der Waals surface area contributed by atoms with Gasteiger partial charge in [-0.15, -0.1) is 0 Å². The van der Waals surface area contributed by atoms with Gasteiger partial charge in [0.2, 0.25) is 5.91 Å². The summed E-state index contributed by atoms with van der Waals surface area (Å²) in [6.45, 7) is 4.52. The first-order chi connectivity index (χ1) is 5.18. The molecule has 0 atom stereocenters. The summed E-state index contributed by atoms with van der Waals surface area (Å²) in [5.41, 5.74) is 0. The molecular weight excluding hydrogens is 140 g/mol. The van der Waals surface area contributed by atoms with Crippen molar-refractivity contribution in [2.24, 2.45) is 0 Å². The van der Waals surface area contributed by atoms with E-state index in [4.69, 9.17) is 0 Å². The van der Waals surface area contributed by atoms with Gasteiger partial charge in [0.05, 0.1) is 6.54 Å². The molecule has 0 bridgehead atoms. The number of carbonyl (C=O) groups is 1. The van der Waals surface area contributed by atoms with Crippen LogP contribution in [0, 0.1) is 0 Å². The van der Waals surface area contributed by atoms with Gasteiger partial charge < -0.3 is 10.6 Å². The zero-order chi connectivity index (χ0) is 8.27. The molecular formula is C8H16N2O. The zero-order valence-electron chi connectivity index (χ0n) is 7.18. The molecule has 64 valence electrons. The predicted octanol–water partition coefficient (Wildman–Crippen LogP) is 0.263. The SMILES string of the molecule is CC(C)NCC(=O)NC1CC1. The molecule has 0 saturated heterocycles. The highest BCUT2D eigenvalue weighted by molar-refractivity contribution is 5.78. The van der Waals surface area contributed by atoms with Crippen molar-refractivity contribution in [3.05, 3.63) is 0 Å². The Morgan fingerprint density at radius 3 is 2.64 bits per heavy atom. The lowest BCUT2D eigenvalue weighted by atomic mass is 10.4. The van der Waals surface area contributed by atoms with E-state index in [9.17, 15) is 4.79 Å². The molecule has 0 aromatic carbocycles. The van der Waals surface area contributed by atoms with Crippen LogP contribution in [0.2, 0.25) is 0 Å². The van der Waals surface area contributed by atoms with Crippen LogP contribution >= 0.6 is 0 Å². The van der Waals surface area contributed by atoms with Gasteiger partial charge in [-0.05, 0) is 12.8 Å². The van der Waals surface area contributed by atoms with Crippen molar-refractivity contribution in [1.29, 1.82) is 0 Å². The topological polar surface area (TPSA) is 41.1 Å². The molecule has 1 saturated carbocycles. The van der Waals surface area contributed by atoms with Crippen molar-refractivity contribution >= 4 is 5.91 Å². The third-order valence-electron chi connectivity index (χ3n) is 1.61. The summed E-state index contributed by atoms with van der Waals surface area (Å²) in [4.78, 5) is 11.0. The standard InChI is InChI=1S/C8H16N2O/c1-6(2)9-5-8(11)10-7-3-4-7/h6-7,9H,3-5H2,1-2H3,(H,10,11). The highest BCUT2D eigenvalue weighted by Gasteiger charge is 2.22. The Morgan fingerprint density at radius 2 is 2.18 bits per heavy atom. The summed E-state index contributed by atoms with van der Waals surface area (Å²) in [7, 11) is 0. The summed E-state index contributed by atoms with van der Waals surface area (Å²) >= 11 is 0. The quantitative estimate of drug-likeness (QED) is 0.613. The third-order valence-corrected chi connectivity index (χ3v) is 1.61. The summed E-state index contributed by atoms with van der Waals surface area (Å²) in [5, 5.41) is 5.97. The van der Waals surface area contributed by atoms with Gasteiger partial charge in [-0.25, -0.2) is 0 Å². The molecule has 1 aliphatic carbocycles. The Morgan fingerprint density at radius 1 is 1.55 bits per heavy atom. The van der Waals surface area contributed by atoms with E-state index in [1.165, 1.54) is 0 Å². The number of amides is 1. The number of hydrogen-bond acceptors (Lipinski definition) is 2. The first-order valence-corrected chi connectivity index (χ1v) is 4.21. The van der Waals surface area contributed by atoms with Gasteiger partial charge in [-0.2, -0.15) is 0 Å². The van der Waals surface area contributed by atoms with E-state index in [0.29, 0.717) is 18.6 Å². The fourth-order valence-corrected chi connectivity index (χ4v) is 0.803. The highest BCUT2D eigenvalue weighted by atomic mass is 16.2. The lowest BCUT2D eigenvalue weighted by molar-refractivity contribution is -0.120. The Bertz CT molecular complexity index is 141. The monoisotopic (exact) mass is 156 g/mol. The van der Waals surface area contributed by atoms with Gasteiger partial charge >= 0.3 is 0 Å². The summed E-state index contributed by atoms with van der Waals surface area (Å²) < 4.78 is 0. The minimum atomic E-state index is 0.126. The van der Waals surface area contributed by atoms with Crippen LogP contribution in [0.5, 0.6) is 0 Å². The van der Waals surface area contributed by atoms with Crippen molar-refractivity contribution < 1.29 is 4.79 Å². The number of rotatable bonds is 4. The number of carbonyl (C=O) groups excluding carboxylic acids is 1. The predicted molar refractivity (Wildman–Crippen MR) is 44.3 cm³/mol. The minimum absolute atomic E-state index is 0.126. The van der Waals surface area contributed by atoms with E-state index in [-0.39, 0.29) is 5.91 Å². The first kappa shape index (κ1) is 8.53. The molecule has 11 heavy (non-hydrogen) atoms. The van der Waals surface area contributed by atoms with E-state index in [0.717, 1.165) is 12.8 Å². The molecule has 3 heteroatoms. The normalized spacial score (nSPS) is 17.0. The largest absolute Gasteiger partial charge is 0.352 e. The van der Waals surface area contributed by atoms with Gasteiger partial charge in [0, 0.05) is 12.1 Å². The van der Waals surface area contributed by atoms with E-state index < -0.39 is 0 Å². The molecule has 3 nitrogen and oxygen atoms in total. The van der Waals surface area contributed by atoms with E-state index in [1.54, 1.807) is 0 Å². The van der Waals surface area contributed by atoms with E-state index in [2.05, 4.69) is 10.6 Å². The minimum Gasteiger partial charge on any atom is -0.352 e. The molecule has 0 aromatic heterocycles. The lowest BCUT2D eigenvalue weighted by Crippen LogP contribution is -2.37. The summed E-state index contributed by atoms with van der Waals surface area (Å²) in [6, 6.07) is 0.872. The molecule has 0 radical (unpaired) electrons. The van der Waals surface area contributed by atoms with Crippen LogP contribution in [0.4, 0.5) is 0 Å². The van der Waals surface area contributed by atoms with Crippen LogP contribution in [0.1, 0.15) is 26.7 Å². The molecule has 0 heterocycles. The number of nitrogens with one attached hydrogen (secondary N) is 2. The van der Waals surface area contributed by atoms with Gasteiger partial charge in [-0.1, -0.05) is 13.8 Å². The van der Waals surface area contributed by atoms with E-state index >= 15 is 0 Å². The van der Waals surface area contributed by atoms with Crippen molar-refractivity contribution in [2.75, 3.05) is 6.54 Å². The molecule has 0 aromatic rings. The van der Waals surface area contributed by atoms with Crippen LogP contribution in [-0.2, 0) is 4.79 Å². The van der Waals surface area contributed by atoms with Crippen molar-refractivity contribution in [3.63, 3.8) is 0 Å². The molecule has 1 aliphatic rings. The molecule has 1 amide bonds. The fourth-order valence-electron chi connectivity index (χ4n) is 0.803. The van der Waals surface area contributed by atoms with E-state index in [1.807, 2.05) is 13.8 Å². The van der Waals surface area contributed by atoms with Crippen LogP contribution in [0.3, 0.4) is 0 Å². The van der Waals surface area contributed by atoms with Crippen LogP contribution in [0.15, 0.2) is 0 Å². The van der Waals surface area contributed by atoms with Gasteiger partial charge in [0.1, 0.15) is 0 Å². The smallest absolute Gasteiger partial charge is 0.234 e. The maximum absolute atomic E-state index is 11.0. The third kappa shape index (κ3) is 3.98. The molecule has 0 unspecified atom stereocenters. The average molecular weight is 156 g/mol. The molecule has 2 N–H and O–H groups in total. The Balaban J connectivity index is 2.00. The summed E-state index contributed by atoms with van der Waals surface area (Å²) in [5.74, 6) is 0.126. The molecule has 0 spiro atoms. The maximum atomic E-state index is 11.0. The maximum Gasteiger partial charge on any atom is 0.234 e. The van der Waals surface area contributed by atoms with Crippen LogP contribution in [0.25, 0.3) is 0 Å². The first-order valence-electron chi connectivity index (χ1n) is 4.21. The Kier molecular flexibility index (Phi) is 2.88. The fraction of sp³-hybridized carbons (Fsp3) is 0.875. The van der Waals surface area contributed by atoms with Gasteiger partial charge in [0.15, 0.2) is 0 Å². The lowest BCUT2D eigenvalue weighted by Gasteiger charge is -2.07. The summed E-state index contributed by atoms with van der Waals surface area (Å²) in [6.07, 6.45) is 2.32. The molecule has 1 rings (SSSR count).